The molecule has 1 heterocycles. The van der Waals surface area contributed by atoms with Gasteiger partial charge in [-0.2, -0.15) is 5.26 Å². The van der Waals surface area contributed by atoms with Gasteiger partial charge in [-0.05, 0) is 44.9 Å². The average molecular weight is 335 g/mol. The van der Waals surface area contributed by atoms with E-state index < -0.39 is 10.0 Å². The van der Waals surface area contributed by atoms with Crippen LogP contribution in [0.1, 0.15) is 42.6 Å². The van der Waals surface area contributed by atoms with Crippen molar-refractivity contribution in [2.75, 3.05) is 24.2 Å². The second kappa shape index (κ2) is 7.11. The number of sulfonamides is 1. The van der Waals surface area contributed by atoms with Crippen molar-refractivity contribution in [3.05, 3.63) is 29.3 Å². The molecule has 1 aromatic rings. The Kier molecular flexibility index (Phi) is 5.39. The maximum atomic E-state index is 11.9. The van der Waals surface area contributed by atoms with Crippen molar-refractivity contribution < 1.29 is 13.2 Å². The minimum absolute atomic E-state index is 0.0543. The summed E-state index contributed by atoms with van der Waals surface area (Å²) in [6, 6.07) is 7.17. The van der Waals surface area contributed by atoms with Crippen LogP contribution in [0.5, 0.6) is 0 Å². The zero-order valence-corrected chi connectivity index (χ0v) is 14.2. The van der Waals surface area contributed by atoms with Gasteiger partial charge in [-0.25, -0.2) is 12.7 Å². The topological polar surface area (TPSA) is 90.3 Å². The quantitative estimate of drug-likeness (QED) is 0.831. The minimum Gasteiger partial charge on any atom is -0.381 e. The summed E-state index contributed by atoms with van der Waals surface area (Å²) in [5, 5.41) is 12.5. The predicted molar refractivity (Wildman–Crippen MR) is 88.8 cm³/mol. The van der Waals surface area contributed by atoms with E-state index in [1.54, 1.807) is 25.1 Å². The SMILES string of the molecule is CCS(=O)(=O)N1CCC(Nc2cc(C(C)=O)ccc2C#N)CC1. The van der Waals surface area contributed by atoms with Crippen LogP contribution in [0.2, 0.25) is 0 Å². The van der Waals surface area contributed by atoms with Gasteiger partial charge in [-0.15, -0.1) is 0 Å². The van der Waals surface area contributed by atoms with Crippen LogP contribution < -0.4 is 5.32 Å². The third kappa shape index (κ3) is 4.09. The summed E-state index contributed by atoms with van der Waals surface area (Å²) in [6.07, 6.45) is 1.35. The van der Waals surface area contributed by atoms with Crippen molar-refractivity contribution in [3.63, 3.8) is 0 Å². The fraction of sp³-hybridized carbons (Fsp3) is 0.500. The van der Waals surface area contributed by atoms with Gasteiger partial charge < -0.3 is 5.32 Å². The molecule has 0 atom stereocenters. The molecule has 1 N–H and O–H groups in total. The van der Waals surface area contributed by atoms with Gasteiger partial charge in [0.2, 0.25) is 10.0 Å². The second-order valence-electron chi connectivity index (χ2n) is 5.65. The molecular weight excluding hydrogens is 314 g/mol. The Morgan fingerprint density at radius 1 is 1.39 bits per heavy atom. The molecule has 124 valence electrons. The van der Waals surface area contributed by atoms with Crippen molar-refractivity contribution >= 4 is 21.5 Å². The van der Waals surface area contributed by atoms with Crippen molar-refractivity contribution in [2.45, 2.75) is 32.7 Å². The lowest BCUT2D eigenvalue weighted by Crippen LogP contribution is -2.43. The number of carbonyl (C=O) groups excluding carboxylic acids is 1. The zero-order valence-electron chi connectivity index (χ0n) is 13.4. The Balaban J connectivity index is 2.08. The van der Waals surface area contributed by atoms with Crippen molar-refractivity contribution in [3.8, 4) is 6.07 Å². The third-order valence-electron chi connectivity index (χ3n) is 4.12. The molecule has 1 aliphatic heterocycles. The van der Waals surface area contributed by atoms with Crippen LogP contribution in [0.25, 0.3) is 0 Å². The number of nitrogens with zero attached hydrogens (tertiary/aromatic N) is 2. The molecule has 6 nitrogen and oxygen atoms in total. The smallest absolute Gasteiger partial charge is 0.213 e. The third-order valence-corrected chi connectivity index (χ3v) is 6.00. The number of ketones is 1. The van der Waals surface area contributed by atoms with Crippen LogP contribution in [-0.4, -0.2) is 43.4 Å². The van der Waals surface area contributed by atoms with E-state index in [9.17, 15) is 18.5 Å². The Morgan fingerprint density at radius 2 is 2.04 bits per heavy atom. The molecule has 1 aromatic carbocycles. The Hall–Kier alpha value is -1.91. The molecule has 0 aromatic heterocycles. The molecule has 7 heteroatoms. The van der Waals surface area contributed by atoms with Crippen LogP contribution >= 0.6 is 0 Å². The first-order valence-electron chi connectivity index (χ1n) is 7.67. The summed E-state index contributed by atoms with van der Waals surface area (Å²) >= 11 is 0. The van der Waals surface area contributed by atoms with Gasteiger partial charge in [0.05, 0.1) is 17.0 Å². The first-order chi connectivity index (χ1) is 10.9. The van der Waals surface area contributed by atoms with E-state index in [2.05, 4.69) is 11.4 Å². The molecule has 0 saturated carbocycles. The molecule has 0 amide bonds. The molecule has 23 heavy (non-hydrogen) atoms. The number of hydrogen-bond acceptors (Lipinski definition) is 5. The lowest BCUT2D eigenvalue weighted by atomic mass is 10.0. The minimum atomic E-state index is -3.14. The fourth-order valence-corrected chi connectivity index (χ4v) is 3.79. The van der Waals surface area contributed by atoms with Crippen LogP contribution in [0.3, 0.4) is 0 Å². The predicted octanol–water partition coefficient (Wildman–Crippen LogP) is 1.99. The molecule has 0 unspecified atom stereocenters. The van der Waals surface area contributed by atoms with Crippen molar-refractivity contribution in [1.82, 2.24) is 4.31 Å². The largest absolute Gasteiger partial charge is 0.381 e. The van der Waals surface area contributed by atoms with E-state index in [4.69, 9.17) is 0 Å². The molecule has 0 bridgehead atoms. The summed E-state index contributed by atoms with van der Waals surface area (Å²) < 4.78 is 25.2. The van der Waals surface area contributed by atoms with Crippen molar-refractivity contribution in [2.24, 2.45) is 0 Å². The average Bonchev–Trinajstić information content (AvgIpc) is 2.55. The maximum Gasteiger partial charge on any atom is 0.213 e. The number of nitrogens with one attached hydrogen (secondary N) is 1. The number of rotatable bonds is 5. The number of Topliss-reactive ketones (excluding diaryl/α,β-unsaturated/α-hetero) is 1. The molecule has 0 radical (unpaired) electrons. The summed E-state index contributed by atoms with van der Waals surface area (Å²) in [5.41, 5.74) is 1.67. The summed E-state index contributed by atoms with van der Waals surface area (Å²) in [6.45, 7) is 4.08. The van der Waals surface area contributed by atoms with Crippen LogP contribution in [0.4, 0.5) is 5.69 Å². The van der Waals surface area contributed by atoms with Gasteiger partial charge in [-0.3, -0.25) is 4.79 Å². The normalized spacial score (nSPS) is 16.7. The Bertz CT molecular complexity index is 729. The highest BCUT2D eigenvalue weighted by molar-refractivity contribution is 7.89. The van der Waals surface area contributed by atoms with E-state index in [-0.39, 0.29) is 17.6 Å². The van der Waals surface area contributed by atoms with E-state index >= 15 is 0 Å². The fourth-order valence-electron chi connectivity index (χ4n) is 2.66. The molecule has 0 spiro atoms. The van der Waals surface area contributed by atoms with Gasteiger partial charge in [-0.1, -0.05) is 0 Å². The lowest BCUT2D eigenvalue weighted by molar-refractivity contribution is 0.101. The number of anilines is 1. The maximum absolute atomic E-state index is 11.9. The van der Waals surface area contributed by atoms with Crippen LogP contribution in [0.15, 0.2) is 18.2 Å². The van der Waals surface area contributed by atoms with E-state index in [1.165, 1.54) is 11.2 Å². The van der Waals surface area contributed by atoms with Crippen molar-refractivity contribution in [1.29, 1.82) is 5.26 Å². The molecule has 0 aliphatic carbocycles. The highest BCUT2D eigenvalue weighted by Crippen LogP contribution is 2.23. The Labute approximate surface area is 137 Å². The van der Waals surface area contributed by atoms with E-state index in [1.807, 2.05) is 0 Å². The number of piperidine rings is 1. The summed E-state index contributed by atoms with van der Waals surface area (Å²) in [4.78, 5) is 11.5. The molecule has 1 saturated heterocycles. The summed E-state index contributed by atoms with van der Waals surface area (Å²) in [5.74, 6) is 0.0611. The molecule has 1 aliphatic rings. The van der Waals surface area contributed by atoms with Gasteiger partial charge in [0.25, 0.3) is 0 Å². The first-order valence-corrected chi connectivity index (χ1v) is 9.27. The number of nitriles is 1. The van der Waals surface area contributed by atoms with Gasteiger partial charge in [0, 0.05) is 24.7 Å². The Morgan fingerprint density at radius 3 is 2.57 bits per heavy atom. The van der Waals surface area contributed by atoms with Gasteiger partial charge in [0.15, 0.2) is 5.78 Å². The van der Waals surface area contributed by atoms with Crippen LogP contribution in [0, 0.1) is 11.3 Å². The van der Waals surface area contributed by atoms with Gasteiger partial charge in [0.1, 0.15) is 6.07 Å². The number of carbonyl (C=O) groups is 1. The standard InChI is InChI=1S/C16H21N3O3S/c1-3-23(21,22)19-8-6-15(7-9-19)18-16-10-13(12(2)20)4-5-14(16)11-17/h4-5,10,15,18H,3,6-9H2,1-2H3. The highest BCUT2D eigenvalue weighted by Gasteiger charge is 2.26. The second-order valence-corrected chi connectivity index (χ2v) is 7.90. The zero-order chi connectivity index (χ0) is 17.0. The first kappa shape index (κ1) is 17.4. The van der Waals surface area contributed by atoms with Crippen LogP contribution in [-0.2, 0) is 10.0 Å². The molecule has 1 fully saturated rings. The highest BCUT2D eigenvalue weighted by atomic mass is 32.2. The van der Waals surface area contributed by atoms with Gasteiger partial charge >= 0.3 is 0 Å². The molecular formula is C16H21N3O3S. The number of benzene rings is 1. The molecule has 2 rings (SSSR count). The number of hydrogen-bond donors (Lipinski definition) is 1. The monoisotopic (exact) mass is 335 g/mol. The van der Waals surface area contributed by atoms with E-state index in [0.29, 0.717) is 42.7 Å². The van der Waals surface area contributed by atoms with E-state index in [0.717, 1.165) is 0 Å². The summed E-state index contributed by atoms with van der Waals surface area (Å²) in [7, 11) is -3.14. The lowest BCUT2D eigenvalue weighted by Gasteiger charge is -2.32.